The number of halogens is 1. The normalized spacial score (nSPS) is 32.7. The van der Waals surface area contributed by atoms with Crippen molar-refractivity contribution >= 4 is 35.0 Å². The molecule has 4 aliphatic rings. The number of anilines is 1. The number of amides is 3. The van der Waals surface area contributed by atoms with E-state index in [1.807, 2.05) is 60.7 Å². The van der Waals surface area contributed by atoms with Crippen molar-refractivity contribution in [1.82, 2.24) is 10.2 Å². The zero-order chi connectivity index (χ0) is 30.5. The SMILES string of the molecule is CC(C)c1ccc(NC(=O)C2C3C=CC4(O3)C2C(=O)N(CCc2ccccc2Cl)C4C(=O)NC2CCCC(C)C2C)cc1. The first kappa shape index (κ1) is 29.9. The number of nitrogens with one attached hydrogen (secondary N) is 2. The van der Waals surface area contributed by atoms with Crippen LogP contribution < -0.4 is 10.6 Å². The largest absolute Gasteiger partial charge is 0.359 e. The van der Waals surface area contributed by atoms with Crippen LogP contribution in [0.1, 0.15) is 64.0 Å². The second kappa shape index (κ2) is 11.7. The molecule has 3 fully saturated rings. The summed E-state index contributed by atoms with van der Waals surface area (Å²) >= 11 is 6.46. The molecule has 8 unspecified atom stereocenters. The number of hydrogen-bond donors (Lipinski definition) is 2. The van der Waals surface area contributed by atoms with E-state index >= 15 is 0 Å². The van der Waals surface area contributed by atoms with Gasteiger partial charge >= 0.3 is 0 Å². The van der Waals surface area contributed by atoms with Crippen LogP contribution in [0.2, 0.25) is 5.02 Å². The number of fused-ring (bicyclic) bond motifs is 1. The quantitative estimate of drug-likeness (QED) is 0.377. The topological polar surface area (TPSA) is 87.7 Å². The van der Waals surface area contributed by atoms with Crippen LogP contribution in [0.4, 0.5) is 5.69 Å². The molecular formula is C35H42ClN3O4. The summed E-state index contributed by atoms with van der Waals surface area (Å²) in [5, 5.41) is 6.96. The van der Waals surface area contributed by atoms with Crippen molar-refractivity contribution in [2.24, 2.45) is 23.7 Å². The van der Waals surface area contributed by atoms with Crippen LogP contribution in [-0.4, -0.2) is 53.0 Å². The number of carbonyl (C=O) groups is 3. The molecule has 3 amide bonds. The summed E-state index contributed by atoms with van der Waals surface area (Å²) < 4.78 is 6.53. The summed E-state index contributed by atoms with van der Waals surface area (Å²) in [4.78, 5) is 44.0. The third-order valence-corrected chi connectivity index (χ3v) is 10.8. The fourth-order valence-corrected chi connectivity index (χ4v) is 7.90. The Kier molecular flexibility index (Phi) is 8.16. The van der Waals surface area contributed by atoms with E-state index in [0.29, 0.717) is 41.4 Å². The summed E-state index contributed by atoms with van der Waals surface area (Å²) in [6, 6.07) is 14.5. The standard InChI is InChI=1S/C35H42ClN3O4/c1-20(2)23-12-14-25(15-13-23)37-32(40)29-28-16-18-35(43-28)30(29)34(42)39(19-17-24-9-5-6-10-26(24)36)31(35)33(41)38-27-11-7-8-21(3)22(27)4/h5-6,9-10,12-16,18,20-22,27-31H,7-8,11,17,19H2,1-4H3,(H,37,40)(H,38,41). The molecule has 3 aliphatic heterocycles. The first-order valence-electron chi connectivity index (χ1n) is 15.7. The number of hydrogen-bond acceptors (Lipinski definition) is 4. The van der Waals surface area contributed by atoms with Crippen molar-refractivity contribution in [3.8, 4) is 0 Å². The minimum atomic E-state index is -1.20. The Bertz CT molecular complexity index is 1420. The minimum absolute atomic E-state index is 0.0303. The molecular weight excluding hydrogens is 562 g/mol. The van der Waals surface area contributed by atoms with Crippen molar-refractivity contribution in [2.75, 3.05) is 11.9 Å². The van der Waals surface area contributed by atoms with Gasteiger partial charge in [0.1, 0.15) is 11.6 Å². The highest BCUT2D eigenvalue weighted by Crippen LogP contribution is 2.55. The molecule has 2 N–H and O–H groups in total. The predicted molar refractivity (Wildman–Crippen MR) is 168 cm³/mol. The van der Waals surface area contributed by atoms with Gasteiger partial charge in [-0.1, -0.05) is 94.6 Å². The molecule has 7 nitrogen and oxygen atoms in total. The van der Waals surface area contributed by atoms with Crippen molar-refractivity contribution in [1.29, 1.82) is 0 Å². The molecule has 3 heterocycles. The maximum absolute atomic E-state index is 14.3. The summed E-state index contributed by atoms with van der Waals surface area (Å²) in [5.41, 5.74) is 1.56. The summed E-state index contributed by atoms with van der Waals surface area (Å²) in [6.07, 6.45) is 6.76. The lowest BCUT2D eigenvalue weighted by atomic mass is 9.73. The molecule has 1 aliphatic carbocycles. The van der Waals surface area contributed by atoms with Crippen LogP contribution in [0.5, 0.6) is 0 Å². The van der Waals surface area contributed by atoms with Crippen molar-refractivity contribution in [2.45, 2.75) is 83.1 Å². The Hall–Kier alpha value is -3.16. The highest BCUT2D eigenvalue weighted by atomic mass is 35.5. The molecule has 2 aromatic carbocycles. The van der Waals surface area contributed by atoms with Crippen molar-refractivity contribution in [3.63, 3.8) is 0 Å². The monoisotopic (exact) mass is 603 g/mol. The Balaban J connectivity index is 1.29. The third-order valence-electron chi connectivity index (χ3n) is 10.4. The molecule has 1 spiro atoms. The second-order valence-corrected chi connectivity index (χ2v) is 13.6. The zero-order valence-electron chi connectivity index (χ0n) is 25.4. The first-order valence-corrected chi connectivity index (χ1v) is 16.1. The Morgan fingerprint density at radius 3 is 2.53 bits per heavy atom. The Morgan fingerprint density at radius 2 is 1.81 bits per heavy atom. The van der Waals surface area contributed by atoms with Crippen molar-refractivity contribution < 1.29 is 19.1 Å². The van der Waals surface area contributed by atoms with Gasteiger partial charge in [0.2, 0.25) is 17.7 Å². The van der Waals surface area contributed by atoms with Gasteiger partial charge in [0, 0.05) is 23.3 Å². The van der Waals surface area contributed by atoms with Crippen LogP contribution in [0, 0.1) is 23.7 Å². The lowest BCUT2D eigenvalue weighted by Gasteiger charge is -2.38. The molecule has 2 bridgehead atoms. The number of rotatable bonds is 8. The van der Waals surface area contributed by atoms with E-state index in [2.05, 4.69) is 38.3 Å². The maximum atomic E-state index is 14.3. The molecule has 228 valence electrons. The van der Waals surface area contributed by atoms with E-state index in [1.54, 1.807) is 4.90 Å². The van der Waals surface area contributed by atoms with Gasteiger partial charge in [-0.2, -0.15) is 0 Å². The summed E-state index contributed by atoms with van der Waals surface area (Å²) in [6.45, 7) is 8.96. The maximum Gasteiger partial charge on any atom is 0.246 e. The molecule has 6 rings (SSSR count). The number of nitrogens with zero attached hydrogens (tertiary/aromatic N) is 1. The molecule has 8 heteroatoms. The van der Waals surface area contributed by atoms with Gasteiger partial charge in [-0.15, -0.1) is 0 Å². The van der Waals surface area contributed by atoms with Gasteiger partial charge in [-0.25, -0.2) is 0 Å². The summed E-state index contributed by atoms with van der Waals surface area (Å²) in [7, 11) is 0. The molecule has 0 aromatic heterocycles. The van der Waals surface area contributed by atoms with Crippen LogP contribution in [0.3, 0.4) is 0 Å². The van der Waals surface area contributed by atoms with E-state index < -0.39 is 29.6 Å². The molecule has 0 radical (unpaired) electrons. The predicted octanol–water partition coefficient (Wildman–Crippen LogP) is 5.74. The number of carbonyl (C=O) groups excluding carboxylic acids is 3. The van der Waals surface area contributed by atoms with Crippen molar-refractivity contribution in [3.05, 3.63) is 76.8 Å². The van der Waals surface area contributed by atoms with Gasteiger partial charge in [-0.05, 0) is 59.9 Å². The third kappa shape index (κ3) is 5.29. The van der Waals surface area contributed by atoms with Gasteiger partial charge in [0.15, 0.2) is 0 Å². The van der Waals surface area contributed by atoms with E-state index in [1.165, 1.54) is 5.56 Å². The van der Waals surface area contributed by atoms with E-state index in [9.17, 15) is 14.4 Å². The van der Waals surface area contributed by atoms with Crippen LogP contribution in [0.15, 0.2) is 60.7 Å². The molecule has 2 saturated heterocycles. The Labute approximate surface area is 259 Å². The van der Waals surface area contributed by atoms with Gasteiger partial charge < -0.3 is 20.3 Å². The Morgan fingerprint density at radius 1 is 1.07 bits per heavy atom. The average molecular weight is 604 g/mol. The minimum Gasteiger partial charge on any atom is -0.359 e. The number of likely N-dealkylation sites (tertiary alicyclic amines) is 1. The van der Waals surface area contributed by atoms with E-state index in [4.69, 9.17) is 16.3 Å². The second-order valence-electron chi connectivity index (χ2n) is 13.2. The highest BCUT2D eigenvalue weighted by molar-refractivity contribution is 6.31. The molecule has 1 saturated carbocycles. The average Bonchev–Trinajstić information content (AvgIpc) is 3.62. The fraction of sp³-hybridized carbons (Fsp3) is 0.514. The van der Waals surface area contributed by atoms with Gasteiger partial charge in [0.05, 0.1) is 17.9 Å². The molecule has 43 heavy (non-hydrogen) atoms. The van der Waals surface area contributed by atoms with Crippen LogP contribution in [0.25, 0.3) is 0 Å². The number of benzene rings is 2. The lowest BCUT2D eigenvalue weighted by molar-refractivity contribution is -0.141. The first-order chi connectivity index (χ1) is 20.6. The van der Waals surface area contributed by atoms with Gasteiger partial charge in [0.25, 0.3) is 0 Å². The van der Waals surface area contributed by atoms with E-state index in [0.717, 1.165) is 24.8 Å². The van der Waals surface area contributed by atoms with Gasteiger partial charge in [-0.3, -0.25) is 14.4 Å². The molecule has 8 atom stereocenters. The fourth-order valence-electron chi connectivity index (χ4n) is 7.67. The van der Waals surface area contributed by atoms with Crippen LogP contribution in [-0.2, 0) is 25.5 Å². The zero-order valence-corrected chi connectivity index (χ0v) is 26.1. The summed E-state index contributed by atoms with van der Waals surface area (Å²) in [5.74, 6) is -1.02. The molecule has 2 aromatic rings. The number of ether oxygens (including phenoxy) is 1. The highest BCUT2D eigenvalue weighted by Gasteiger charge is 2.72. The smallest absolute Gasteiger partial charge is 0.246 e. The van der Waals surface area contributed by atoms with Crippen LogP contribution >= 0.6 is 11.6 Å². The lowest BCUT2D eigenvalue weighted by Crippen LogP contribution is -2.58. The van der Waals surface area contributed by atoms with E-state index in [-0.39, 0.29) is 23.8 Å².